The van der Waals surface area contributed by atoms with Gasteiger partial charge in [0.2, 0.25) is 0 Å². The monoisotopic (exact) mass is 347 g/mol. The topological polar surface area (TPSA) is 60.9 Å². The van der Waals surface area contributed by atoms with Crippen molar-refractivity contribution in [3.05, 3.63) is 23.9 Å². The maximum Gasteiger partial charge on any atom is 0.255 e. The Morgan fingerprint density at radius 2 is 1.96 bits per heavy atom. The van der Waals surface area contributed by atoms with E-state index < -0.39 is 0 Å². The highest BCUT2D eigenvalue weighted by Gasteiger charge is 2.21. The van der Waals surface area contributed by atoms with Crippen LogP contribution in [0, 0.1) is 0 Å². The van der Waals surface area contributed by atoms with E-state index in [4.69, 9.17) is 4.74 Å². The molecule has 2 fully saturated rings. The summed E-state index contributed by atoms with van der Waals surface area (Å²) in [5, 5.41) is 3.05. The van der Waals surface area contributed by atoms with E-state index in [-0.39, 0.29) is 5.91 Å². The number of nitrogens with one attached hydrogen (secondary N) is 1. The predicted octanol–water partition coefficient (Wildman–Crippen LogP) is 0.286. The Morgan fingerprint density at radius 1 is 1.20 bits per heavy atom. The Hall–Kier alpha value is -1.70. The van der Waals surface area contributed by atoms with E-state index in [9.17, 15) is 4.79 Å². The lowest BCUT2D eigenvalue weighted by molar-refractivity contribution is 0.0374. The lowest BCUT2D eigenvalue weighted by Gasteiger charge is -2.34. The zero-order valence-electron chi connectivity index (χ0n) is 15.1. The molecule has 1 aromatic heterocycles. The Bertz CT molecular complexity index is 554. The second-order valence-corrected chi connectivity index (χ2v) is 6.73. The molecule has 2 aliphatic rings. The molecule has 2 aliphatic heterocycles. The summed E-state index contributed by atoms with van der Waals surface area (Å²) in [6, 6.07) is 3.71. The summed E-state index contributed by atoms with van der Waals surface area (Å²) in [6.45, 7) is 9.11. The molecule has 1 aromatic rings. The van der Waals surface area contributed by atoms with Crippen molar-refractivity contribution in [1.82, 2.24) is 20.1 Å². The van der Waals surface area contributed by atoms with Crippen LogP contribution >= 0.6 is 0 Å². The average Bonchev–Trinajstić information content (AvgIpc) is 2.66. The van der Waals surface area contributed by atoms with E-state index in [1.807, 2.05) is 12.1 Å². The SMILES string of the molecule is CN1CCN(c2ncccc2C(=O)NCCCN2CCOCC2)CC1. The number of morpholine rings is 1. The van der Waals surface area contributed by atoms with Crippen molar-refractivity contribution < 1.29 is 9.53 Å². The number of amides is 1. The lowest BCUT2D eigenvalue weighted by Crippen LogP contribution is -2.45. The van der Waals surface area contributed by atoms with Crippen LogP contribution in [0.25, 0.3) is 0 Å². The summed E-state index contributed by atoms with van der Waals surface area (Å²) < 4.78 is 5.35. The van der Waals surface area contributed by atoms with E-state index >= 15 is 0 Å². The number of rotatable bonds is 6. The van der Waals surface area contributed by atoms with Crippen molar-refractivity contribution in [3.63, 3.8) is 0 Å². The first-order chi connectivity index (χ1) is 12.2. The van der Waals surface area contributed by atoms with E-state index in [1.165, 1.54) is 0 Å². The Labute approximate surface area is 149 Å². The van der Waals surface area contributed by atoms with Crippen LogP contribution in [0.5, 0.6) is 0 Å². The molecule has 0 saturated carbocycles. The minimum atomic E-state index is -0.0241. The molecule has 3 heterocycles. The number of piperazine rings is 1. The maximum absolute atomic E-state index is 12.6. The van der Waals surface area contributed by atoms with Crippen molar-refractivity contribution in [1.29, 1.82) is 0 Å². The molecule has 1 N–H and O–H groups in total. The molecule has 0 bridgehead atoms. The maximum atomic E-state index is 12.6. The molecule has 0 aromatic carbocycles. The van der Waals surface area contributed by atoms with Gasteiger partial charge in [0.05, 0.1) is 18.8 Å². The molecule has 3 rings (SSSR count). The van der Waals surface area contributed by atoms with Crippen LogP contribution in [-0.2, 0) is 4.74 Å². The fraction of sp³-hybridized carbons (Fsp3) is 0.667. The van der Waals surface area contributed by atoms with E-state index in [1.54, 1.807) is 6.20 Å². The standard InChI is InChI=1S/C18H29N5O2/c1-21-8-10-23(11-9-21)17-16(4-2-5-19-17)18(24)20-6-3-7-22-12-14-25-15-13-22/h2,4-5H,3,6-15H2,1H3,(H,20,24). The minimum Gasteiger partial charge on any atom is -0.379 e. The molecule has 1 amide bonds. The van der Waals surface area contributed by atoms with Gasteiger partial charge in [0.25, 0.3) is 5.91 Å². The van der Waals surface area contributed by atoms with Crippen LogP contribution in [0.2, 0.25) is 0 Å². The summed E-state index contributed by atoms with van der Waals surface area (Å²) in [4.78, 5) is 24.0. The predicted molar refractivity (Wildman–Crippen MR) is 98.2 cm³/mol. The number of ether oxygens (including phenoxy) is 1. The molecule has 0 radical (unpaired) electrons. The zero-order chi connectivity index (χ0) is 17.5. The molecule has 7 nitrogen and oxygen atoms in total. The van der Waals surface area contributed by atoms with Crippen LogP contribution in [0.3, 0.4) is 0 Å². The molecule has 0 atom stereocenters. The third-order valence-electron chi connectivity index (χ3n) is 4.87. The molecule has 0 aliphatic carbocycles. The number of anilines is 1. The second kappa shape index (κ2) is 9.12. The summed E-state index contributed by atoms with van der Waals surface area (Å²) in [6.07, 6.45) is 2.72. The number of hydrogen-bond donors (Lipinski definition) is 1. The molecule has 2 saturated heterocycles. The number of pyridine rings is 1. The van der Waals surface area contributed by atoms with Crippen LogP contribution < -0.4 is 10.2 Å². The molecule has 0 unspecified atom stereocenters. The third kappa shape index (κ3) is 5.14. The van der Waals surface area contributed by atoms with Crippen LogP contribution in [0.1, 0.15) is 16.8 Å². The number of likely N-dealkylation sites (N-methyl/N-ethyl adjacent to an activating group) is 1. The van der Waals surface area contributed by atoms with Gasteiger partial charge in [-0.25, -0.2) is 4.98 Å². The van der Waals surface area contributed by atoms with Crippen molar-refractivity contribution in [2.45, 2.75) is 6.42 Å². The summed E-state index contributed by atoms with van der Waals surface area (Å²) >= 11 is 0. The van der Waals surface area contributed by atoms with Gasteiger partial charge in [-0.1, -0.05) is 0 Å². The largest absolute Gasteiger partial charge is 0.379 e. The van der Waals surface area contributed by atoms with E-state index in [2.05, 4.69) is 32.0 Å². The molecule has 0 spiro atoms. The zero-order valence-corrected chi connectivity index (χ0v) is 15.1. The lowest BCUT2D eigenvalue weighted by atomic mass is 10.2. The van der Waals surface area contributed by atoms with Gasteiger partial charge in [-0.05, 0) is 32.1 Å². The normalized spacial score (nSPS) is 19.8. The number of nitrogens with zero attached hydrogens (tertiary/aromatic N) is 4. The van der Waals surface area contributed by atoms with Gasteiger partial charge in [0, 0.05) is 52.0 Å². The van der Waals surface area contributed by atoms with Crippen LogP contribution in [0.15, 0.2) is 18.3 Å². The molecular weight excluding hydrogens is 318 g/mol. The van der Waals surface area contributed by atoms with Gasteiger partial charge >= 0.3 is 0 Å². The van der Waals surface area contributed by atoms with Crippen molar-refractivity contribution in [3.8, 4) is 0 Å². The first-order valence-electron chi connectivity index (χ1n) is 9.21. The Kier molecular flexibility index (Phi) is 6.61. The average molecular weight is 347 g/mol. The minimum absolute atomic E-state index is 0.0241. The summed E-state index contributed by atoms with van der Waals surface area (Å²) in [5.74, 6) is 0.783. The van der Waals surface area contributed by atoms with Crippen molar-refractivity contribution in [2.75, 3.05) is 77.5 Å². The number of carbonyl (C=O) groups is 1. The summed E-state index contributed by atoms with van der Waals surface area (Å²) in [7, 11) is 2.12. The van der Waals surface area contributed by atoms with Crippen LogP contribution in [-0.4, -0.2) is 93.3 Å². The second-order valence-electron chi connectivity index (χ2n) is 6.73. The highest BCUT2D eigenvalue weighted by Crippen LogP contribution is 2.18. The van der Waals surface area contributed by atoms with Gasteiger partial charge < -0.3 is 19.9 Å². The van der Waals surface area contributed by atoms with E-state index in [0.29, 0.717) is 12.1 Å². The van der Waals surface area contributed by atoms with E-state index in [0.717, 1.165) is 71.3 Å². The third-order valence-corrected chi connectivity index (χ3v) is 4.87. The van der Waals surface area contributed by atoms with Crippen molar-refractivity contribution >= 4 is 11.7 Å². The quantitative estimate of drug-likeness (QED) is 0.746. The smallest absolute Gasteiger partial charge is 0.255 e. The number of hydrogen-bond acceptors (Lipinski definition) is 6. The van der Waals surface area contributed by atoms with Gasteiger partial charge in [0.1, 0.15) is 5.82 Å². The fourth-order valence-electron chi connectivity index (χ4n) is 3.27. The number of carbonyl (C=O) groups excluding carboxylic acids is 1. The van der Waals surface area contributed by atoms with Crippen molar-refractivity contribution in [2.24, 2.45) is 0 Å². The Morgan fingerprint density at radius 3 is 2.72 bits per heavy atom. The molecule has 25 heavy (non-hydrogen) atoms. The number of aromatic nitrogens is 1. The molecule has 138 valence electrons. The fourth-order valence-corrected chi connectivity index (χ4v) is 3.27. The molecule has 7 heteroatoms. The Balaban J connectivity index is 1.49. The first kappa shape index (κ1) is 18.1. The molecular formula is C18H29N5O2. The van der Waals surface area contributed by atoms with Crippen LogP contribution in [0.4, 0.5) is 5.82 Å². The summed E-state index contributed by atoms with van der Waals surface area (Å²) in [5.41, 5.74) is 0.679. The van der Waals surface area contributed by atoms with Gasteiger partial charge in [-0.15, -0.1) is 0 Å². The van der Waals surface area contributed by atoms with Gasteiger partial charge in [-0.3, -0.25) is 9.69 Å². The highest BCUT2D eigenvalue weighted by molar-refractivity contribution is 5.98. The van der Waals surface area contributed by atoms with Gasteiger partial charge in [-0.2, -0.15) is 0 Å². The first-order valence-corrected chi connectivity index (χ1v) is 9.21. The highest BCUT2D eigenvalue weighted by atomic mass is 16.5. The van der Waals surface area contributed by atoms with Gasteiger partial charge in [0.15, 0.2) is 0 Å².